The molecule has 13 nitrogen and oxygen atoms in total. The van der Waals surface area contributed by atoms with Crippen LogP contribution in [0.4, 0.5) is 0 Å². The lowest BCUT2D eigenvalue weighted by atomic mass is 9.84. The molecule has 0 bridgehead atoms. The average molecular weight is 479 g/mol. The van der Waals surface area contributed by atoms with E-state index in [-0.39, 0.29) is 6.54 Å². The number of aliphatic hydroxyl groups excluding tert-OH is 3. The zero-order valence-corrected chi connectivity index (χ0v) is 19.1. The Balaban J connectivity index is 1.51. The van der Waals surface area contributed by atoms with E-state index in [1.54, 1.807) is 0 Å². The molecule has 10 atom stereocenters. The summed E-state index contributed by atoms with van der Waals surface area (Å²) in [6.07, 6.45) is -6.68. The van der Waals surface area contributed by atoms with Gasteiger partial charge in [-0.1, -0.05) is 0 Å². The largest absolute Gasteiger partial charge is 0.389 e. The van der Waals surface area contributed by atoms with E-state index in [2.05, 4.69) is 10.2 Å². The molecular weight excluding hydrogens is 436 g/mol. The highest BCUT2D eigenvalue weighted by Crippen LogP contribution is 2.28. The molecule has 3 aliphatic rings. The van der Waals surface area contributed by atoms with E-state index in [0.717, 1.165) is 39.4 Å². The van der Waals surface area contributed by atoms with Gasteiger partial charge in [0.2, 0.25) is 0 Å². The second kappa shape index (κ2) is 13.0. The van der Waals surface area contributed by atoms with Crippen LogP contribution in [0.15, 0.2) is 0 Å². The third-order valence-corrected chi connectivity index (χ3v) is 6.63. The van der Waals surface area contributed by atoms with Crippen molar-refractivity contribution < 1.29 is 34.3 Å². The van der Waals surface area contributed by atoms with E-state index in [9.17, 15) is 15.3 Å². The summed E-state index contributed by atoms with van der Waals surface area (Å²) in [5.41, 5.74) is 24.0. The lowest BCUT2D eigenvalue weighted by Crippen LogP contribution is -2.67. The predicted octanol–water partition coefficient (Wildman–Crippen LogP) is -5.17. The Kier molecular flexibility index (Phi) is 10.6. The van der Waals surface area contributed by atoms with Crippen molar-refractivity contribution >= 4 is 0 Å². The standard InChI is InChI=1S/C20H42N6O7/c21-10-13-16(28)17(29)14(24)20(32-13)33-18-12(23)9-11(22)15(27)19(18)31-6-2-25-1-3-26-4-7-30-8-5-26/h11-20,25,27-29H,1-10,21-24H2/t11-,12+,13-,14-,15+,16-,17-,18-,19-,20-/m1/s1. The van der Waals surface area contributed by atoms with E-state index >= 15 is 0 Å². The van der Waals surface area contributed by atoms with Gasteiger partial charge in [0.05, 0.1) is 32.0 Å². The van der Waals surface area contributed by atoms with Gasteiger partial charge < -0.3 is 62.5 Å². The van der Waals surface area contributed by atoms with Crippen molar-refractivity contribution in [3.63, 3.8) is 0 Å². The Morgan fingerprint density at radius 2 is 1.67 bits per heavy atom. The van der Waals surface area contributed by atoms with E-state index in [1.807, 2.05) is 0 Å². The van der Waals surface area contributed by atoms with Gasteiger partial charge in [-0.15, -0.1) is 0 Å². The summed E-state index contributed by atoms with van der Waals surface area (Å²) >= 11 is 0. The number of nitrogens with one attached hydrogen (secondary N) is 1. The Hall–Kier alpha value is -0.520. The van der Waals surface area contributed by atoms with Crippen molar-refractivity contribution in [3.05, 3.63) is 0 Å². The van der Waals surface area contributed by atoms with Crippen molar-refractivity contribution in [3.8, 4) is 0 Å². The highest BCUT2D eigenvalue weighted by atomic mass is 16.7. The number of morpholine rings is 1. The van der Waals surface area contributed by atoms with Gasteiger partial charge in [-0.2, -0.15) is 0 Å². The fourth-order valence-corrected chi connectivity index (χ4v) is 4.52. The summed E-state index contributed by atoms with van der Waals surface area (Å²) in [4.78, 5) is 2.33. The maximum Gasteiger partial charge on any atom is 0.176 e. The van der Waals surface area contributed by atoms with Crippen molar-refractivity contribution in [2.24, 2.45) is 22.9 Å². The molecule has 0 spiro atoms. The Morgan fingerprint density at radius 3 is 2.36 bits per heavy atom. The fraction of sp³-hybridized carbons (Fsp3) is 1.00. The number of nitrogens with zero attached hydrogens (tertiary/aromatic N) is 1. The van der Waals surface area contributed by atoms with Crippen LogP contribution in [0.3, 0.4) is 0 Å². The van der Waals surface area contributed by atoms with Crippen molar-refractivity contribution in [2.45, 2.75) is 67.5 Å². The maximum atomic E-state index is 10.7. The van der Waals surface area contributed by atoms with Gasteiger partial charge in [-0.05, 0) is 6.42 Å². The second-order valence-electron chi connectivity index (χ2n) is 9.03. The van der Waals surface area contributed by atoms with Crippen LogP contribution in [0.1, 0.15) is 6.42 Å². The Bertz CT molecular complexity index is 573. The summed E-state index contributed by atoms with van der Waals surface area (Å²) < 4.78 is 23.0. The smallest absolute Gasteiger partial charge is 0.176 e. The Labute approximate surface area is 194 Å². The molecule has 12 N–H and O–H groups in total. The molecule has 0 unspecified atom stereocenters. The third kappa shape index (κ3) is 7.01. The summed E-state index contributed by atoms with van der Waals surface area (Å²) in [6, 6.07) is -2.13. The zero-order valence-electron chi connectivity index (χ0n) is 19.1. The molecule has 2 aliphatic heterocycles. The van der Waals surface area contributed by atoms with Gasteiger partial charge in [0.25, 0.3) is 0 Å². The van der Waals surface area contributed by atoms with Gasteiger partial charge >= 0.3 is 0 Å². The number of rotatable bonds is 10. The minimum atomic E-state index is -1.28. The summed E-state index contributed by atoms with van der Waals surface area (Å²) in [5.74, 6) is 0. The van der Waals surface area contributed by atoms with Crippen LogP contribution >= 0.6 is 0 Å². The molecule has 2 heterocycles. The SMILES string of the molecule is NC[C@H]1O[C@H](O[C@H]2[C@H](OCCNCCN3CCOCC3)[C@@H](O)[C@H](N)C[C@@H]2N)[C@H](N)[C@@H](O)[C@@H]1O. The molecule has 0 aromatic carbocycles. The van der Waals surface area contributed by atoms with Gasteiger partial charge in [-0.25, -0.2) is 0 Å². The van der Waals surface area contributed by atoms with Gasteiger partial charge in [0, 0.05) is 51.4 Å². The van der Waals surface area contributed by atoms with Crippen LogP contribution < -0.4 is 28.3 Å². The molecule has 1 saturated carbocycles. The highest BCUT2D eigenvalue weighted by Gasteiger charge is 2.48. The van der Waals surface area contributed by atoms with E-state index < -0.39 is 61.0 Å². The lowest BCUT2D eigenvalue weighted by Gasteiger charge is -2.46. The number of hydrogen-bond donors (Lipinski definition) is 8. The highest BCUT2D eigenvalue weighted by molar-refractivity contribution is 5.00. The van der Waals surface area contributed by atoms with Crippen LogP contribution in [0.25, 0.3) is 0 Å². The first-order valence-electron chi connectivity index (χ1n) is 11.8. The lowest BCUT2D eigenvalue weighted by molar-refractivity contribution is -0.290. The number of nitrogens with two attached hydrogens (primary N) is 4. The topological polar surface area (TPSA) is 217 Å². The number of hydrogen-bond acceptors (Lipinski definition) is 13. The first kappa shape index (κ1) is 27.1. The molecule has 33 heavy (non-hydrogen) atoms. The fourth-order valence-electron chi connectivity index (χ4n) is 4.52. The molecule has 3 rings (SSSR count). The first-order chi connectivity index (χ1) is 15.8. The van der Waals surface area contributed by atoms with Gasteiger partial charge in [0.1, 0.15) is 30.5 Å². The molecular formula is C20H42N6O7. The zero-order chi connectivity index (χ0) is 24.0. The van der Waals surface area contributed by atoms with Crippen molar-refractivity contribution in [1.82, 2.24) is 10.2 Å². The van der Waals surface area contributed by atoms with E-state index in [0.29, 0.717) is 19.6 Å². The van der Waals surface area contributed by atoms with E-state index in [4.69, 9.17) is 41.9 Å². The third-order valence-electron chi connectivity index (χ3n) is 6.63. The summed E-state index contributed by atoms with van der Waals surface area (Å²) in [5, 5.41) is 34.3. The van der Waals surface area contributed by atoms with Crippen LogP contribution in [-0.2, 0) is 18.9 Å². The Morgan fingerprint density at radius 1 is 0.939 bits per heavy atom. The molecule has 194 valence electrons. The molecule has 2 saturated heterocycles. The van der Waals surface area contributed by atoms with Gasteiger partial charge in [0.15, 0.2) is 6.29 Å². The van der Waals surface area contributed by atoms with Gasteiger partial charge in [-0.3, -0.25) is 4.90 Å². The molecule has 1 aliphatic carbocycles. The summed E-state index contributed by atoms with van der Waals surface area (Å²) in [7, 11) is 0. The molecule has 0 amide bonds. The van der Waals surface area contributed by atoms with Crippen LogP contribution in [-0.4, -0.2) is 140 Å². The monoisotopic (exact) mass is 478 g/mol. The molecule has 0 aromatic heterocycles. The van der Waals surface area contributed by atoms with Crippen molar-refractivity contribution in [1.29, 1.82) is 0 Å². The minimum absolute atomic E-state index is 0.0227. The average Bonchev–Trinajstić information content (AvgIpc) is 2.81. The second-order valence-corrected chi connectivity index (χ2v) is 9.03. The minimum Gasteiger partial charge on any atom is -0.389 e. The number of ether oxygens (including phenoxy) is 4. The first-order valence-corrected chi connectivity index (χ1v) is 11.8. The quantitative estimate of drug-likeness (QED) is 0.138. The molecule has 3 fully saturated rings. The maximum absolute atomic E-state index is 10.7. The molecule has 13 heteroatoms. The van der Waals surface area contributed by atoms with Crippen LogP contribution in [0.2, 0.25) is 0 Å². The normalized spacial score (nSPS) is 43.0. The molecule has 0 radical (unpaired) electrons. The summed E-state index contributed by atoms with van der Waals surface area (Å²) in [6.45, 7) is 5.99. The molecule has 0 aromatic rings. The predicted molar refractivity (Wildman–Crippen MR) is 119 cm³/mol. The van der Waals surface area contributed by atoms with Crippen LogP contribution in [0.5, 0.6) is 0 Å². The van der Waals surface area contributed by atoms with Crippen molar-refractivity contribution in [2.75, 3.05) is 59.1 Å². The van der Waals surface area contributed by atoms with Crippen LogP contribution in [0, 0.1) is 0 Å². The number of aliphatic hydroxyl groups is 3. The van der Waals surface area contributed by atoms with E-state index in [1.165, 1.54) is 0 Å².